The Hall–Kier alpha value is -1.29. The molecule has 0 bridgehead atoms. The molecule has 0 aromatic heterocycles. The van der Waals surface area contributed by atoms with Crippen molar-refractivity contribution in [3.05, 3.63) is 35.4 Å². The lowest BCUT2D eigenvalue weighted by Crippen LogP contribution is -2.21. The molecule has 18 heavy (non-hydrogen) atoms. The predicted octanol–water partition coefficient (Wildman–Crippen LogP) is 3.74. The maximum absolute atomic E-state index is 13.0. The van der Waals surface area contributed by atoms with Crippen molar-refractivity contribution in [2.75, 3.05) is 6.61 Å². The lowest BCUT2D eigenvalue weighted by molar-refractivity contribution is 0.0464. The van der Waals surface area contributed by atoms with Gasteiger partial charge in [-0.25, -0.2) is 8.78 Å². The third-order valence-electron chi connectivity index (χ3n) is 2.69. The molecular weight excluding hydrogens is 238 g/mol. The van der Waals surface area contributed by atoms with Crippen molar-refractivity contribution in [3.63, 3.8) is 0 Å². The summed E-state index contributed by atoms with van der Waals surface area (Å²) in [4.78, 5) is 11.9. The van der Waals surface area contributed by atoms with E-state index in [4.69, 9.17) is 4.74 Å². The molecule has 0 heterocycles. The Morgan fingerprint density at radius 1 is 1.28 bits per heavy atom. The van der Waals surface area contributed by atoms with Gasteiger partial charge >= 0.3 is 0 Å². The molecule has 0 saturated carbocycles. The topological polar surface area (TPSA) is 26.3 Å². The smallest absolute Gasteiger partial charge is 0.191 e. The Kier molecular flexibility index (Phi) is 5.92. The number of Topliss-reactive ketones (excluding diaryl/α,β-unsaturated/α-hetero) is 1. The predicted molar refractivity (Wildman–Crippen MR) is 65.6 cm³/mol. The minimum Gasteiger partial charge on any atom is -0.370 e. The minimum atomic E-state index is -1.01. The summed E-state index contributed by atoms with van der Waals surface area (Å²) in [5.41, 5.74) is 0.136. The van der Waals surface area contributed by atoms with Crippen LogP contribution in [0.2, 0.25) is 0 Å². The zero-order valence-corrected chi connectivity index (χ0v) is 10.7. The number of unbranched alkanes of at least 4 members (excludes halogenated alkanes) is 2. The second-order valence-corrected chi connectivity index (χ2v) is 4.21. The van der Waals surface area contributed by atoms with E-state index in [1.807, 2.05) is 0 Å². The summed E-state index contributed by atoms with van der Waals surface area (Å²) in [7, 11) is 0. The van der Waals surface area contributed by atoms with E-state index in [0.717, 1.165) is 31.4 Å². The molecule has 4 heteroatoms. The normalized spacial score (nSPS) is 12.4. The Morgan fingerprint density at radius 3 is 2.61 bits per heavy atom. The molecule has 1 rings (SSSR count). The lowest BCUT2D eigenvalue weighted by atomic mass is 10.1. The first-order valence-corrected chi connectivity index (χ1v) is 6.17. The highest BCUT2D eigenvalue weighted by Gasteiger charge is 2.17. The van der Waals surface area contributed by atoms with Crippen LogP contribution in [0.4, 0.5) is 8.78 Å². The average Bonchev–Trinajstić information content (AvgIpc) is 2.37. The second kappa shape index (κ2) is 7.21. The molecule has 0 saturated heterocycles. The largest absolute Gasteiger partial charge is 0.370 e. The number of ether oxygens (including phenoxy) is 1. The van der Waals surface area contributed by atoms with Crippen molar-refractivity contribution >= 4 is 5.78 Å². The summed E-state index contributed by atoms with van der Waals surface area (Å²) in [5, 5.41) is 0. The first-order valence-electron chi connectivity index (χ1n) is 6.17. The van der Waals surface area contributed by atoms with Crippen molar-refractivity contribution in [1.29, 1.82) is 0 Å². The van der Waals surface area contributed by atoms with Gasteiger partial charge < -0.3 is 4.74 Å². The molecule has 1 atom stereocenters. The van der Waals surface area contributed by atoms with Gasteiger partial charge in [-0.15, -0.1) is 0 Å². The first kappa shape index (κ1) is 14.8. The van der Waals surface area contributed by atoms with E-state index in [1.54, 1.807) is 6.92 Å². The van der Waals surface area contributed by atoms with E-state index in [1.165, 1.54) is 6.07 Å². The van der Waals surface area contributed by atoms with Crippen molar-refractivity contribution < 1.29 is 18.3 Å². The van der Waals surface area contributed by atoms with Crippen LogP contribution in [0.25, 0.3) is 0 Å². The van der Waals surface area contributed by atoms with E-state index in [9.17, 15) is 13.6 Å². The van der Waals surface area contributed by atoms with Gasteiger partial charge in [0.25, 0.3) is 0 Å². The third kappa shape index (κ3) is 4.18. The number of hydrogen-bond acceptors (Lipinski definition) is 2. The second-order valence-electron chi connectivity index (χ2n) is 4.21. The first-order chi connectivity index (χ1) is 8.56. The van der Waals surface area contributed by atoms with Crippen LogP contribution < -0.4 is 0 Å². The van der Waals surface area contributed by atoms with Crippen molar-refractivity contribution in [1.82, 2.24) is 0 Å². The van der Waals surface area contributed by atoms with Crippen LogP contribution in [0, 0.1) is 11.6 Å². The van der Waals surface area contributed by atoms with E-state index in [2.05, 4.69) is 6.92 Å². The number of hydrogen-bond donors (Lipinski definition) is 0. The number of halogens is 2. The SMILES string of the molecule is CCCCCOC(C)C(=O)c1ccc(F)c(F)c1. The number of rotatable bonds is 7. The van der Waals surface area contributed by atoms with Crippen molar-refractivity contribution in [2.24, 2.45) is 0 Å². The Bertz CT molecular complexity index is 405. The van der Waals surface area contributed by atoms with Crippen molar-refractivity contribution in [2.45, 2.75) is 39.2 Å². The average molecular weight is 256 g/mol. The molecule has 0 aliphatic rings. The standard InChI is InChI=1S/C14H18F2O2/c1-3-4-5-8-18-10(2)14(17)11-6-7-12(15)13(16)9-11/h6-7,9-10H,3-5,8H2,1-2H3. The minimum absolute atomic E-state index is 0.136. The lowest BCUT2D eigenvalue weighted by Gasteiger charge is -2.12. The van der Waals surface area contributed by atoms with Crippen LogP contribution in [0.3, 0.4) is 0 Å². The maximum Gasteiger partial charge on any atom is 0.191 e. The van der Waals surface area contributed by atoms with Gasteiger partial charge in [0, 0.05) is 12.2 Å². The Balaban J connectivity index is 2.54. The van der Waals surface area contributed by atoms with Gasteiger partial charge in [0.1, 0.15) is 6.10 Å². The highest BCUT2D eigenvalue weighted by Crippen LogP contribution is 2.12. The zero-order valence-electron chi connectivity index (χ0n) is 10.7. The fraction of sp³-hybridized carbons (Fsp3) is 0.500. The monoisotopic (exact) mass is 256 g/mol. The number of benzene rings is 1. The molecule has 0 spiro atoms. The Morgan fingerprint density at radius 2 is 2.00 bits per heavy atom. The van der Waals surface area contributed by atoms with Gasteiger partial charge in [-0.1, -0.05) is 19.8 Å². The van der Waals surface area contributed by atoms with Gasteiger partial charge in [-0.05, 0) is 31.5 Å². The highest BCUT2D eigenvalue weighted by molar-refractivity contribution is 5.99. The molecule has 0 aliphatic heterocycles. The molecular formula is C14H18F2O2. The maximum atomic E-state index is 13.0. The Labute approximate surface area is 106 Å². The van der Waals surface area contributed by atoms with Crippen LogP contribution in [0.5, 0.6) is 0 Å². The van der Waals surface area contributed by atoms with Gasteiger partial charge in [0.15, 0.2) is 17.4 Å². The molecule has 0 amide bonds. The molecule has 1 unspecified atom stereocenters. The third-order valence-corrected chi connectivity index (χ3v) is 2.69. The molecule has 0 N–H and O–H groups in total. The highest BCUT2D eigenvalue weighted by atomic mass is 19.2. The van der Waals surface area contributed by atoms with E-state index in [0.29, 0.717) is 6.61 Å². The molecule has 2 nitrogen and oxygen atoms in total. The zero-order chi connectivity index (χ0) is 13.5. The van der Waals surface area contributed by atoms with Crippen LogP contribution in [-0.2, 0) is 4.74 Å². The van der Waals surface area contributed by atoms with E-state index >= 15 is 0 Å². The fourth-order valence-electron chi connectivity index (χ4n) is 1.57. The van der Waals surface area contributed by atoms with Gasteiger partial charge in [0.2, 0.25) is 0 Å². The molecule has 0 fully saturated rings. The number of carbonyl (C=O) groups excluding carboxylic acids is 1. The van der Waals surface area contributed by atoms with E-state index in [-0.39, 0.29) is 11.3 Å². The summed E-state index contributed by atoms with van der Waals surface area (Å²) in [5.74, 6) is -2.30. The molecule has 1 aromatic carbocycles. The van der Waals surface area contributed by atoms with Crippen LogP contribution >= 0.6 is 0 Å². The molecule has 100 valence electrons. The van der Waals surface area contributed by atoms with Crippen molar-refractivity contribution in [3.8, 4) is 0 Å². The van der Waals surface area contributed by atoms with Crippen LogP contribution in [-0.4, -0.2) is 18.5 Å². The summed E-state index contributed by atoms with van der Waals surface area (Å²) in [6, 6.07) is 3.13. The molecule has 0 radical (unpaired) electrons. The van der Waals surface area contributed by atoms with Gasteiger partial charge in [0.05, 0.1) is 0 Å². The fourth-order valence-corrected chi connectivity index (χ4v) is 1.57. The number of ketones is 1. The molecule has 0 aliphatic carbocycles. The summed E-state index contributed by atoms with van der Waals surface area (Å²) in [6.45, 7) is 4.20. The van der Waals surface area contributed by atoms with Crippen LogP contribution in [0.1, 0.15) is 43.5 Å². The quantitative estimate of drug-likeness (QED) is 0.548. The molecule has 1 aromatic rings. The van der Waals surface area contributed by atoms with E-state index < -0.39 is 17.7 Å². The summed E-state index contributed by atoms with van der Waals surface area (Å²) < 4.78 is 31.1. The summed E-state index contributed by atoms with van der Waals surface area (Å²) in [6.07, 6.45) is 2.39. The van der Waals surface area contributed by atoms with Crippen LogP contribution in [0.15, 0.2) is 18.2 Å². The van der Waals surface area contributed by atoms with Gasteiger partial charge in [-0.3, -0.25) is 4.79 Å². The van der Waals surface area contributed by atoms with Gasteiger partial charge in [-0.2, -0.15) is 0 Å². The number of carbonyl (C=O) groups is 1. The summed E-state index contributed by atoms with van der Waals surface area (Å²) >= 11 is 0.